The minimum atomic E-state index is -3.70. The van der Waals surface area contributed by atoms with Gasteiger partial charge in [0.05, 0.1) is 26.4 Å². The van der Waals surface area contributed by atoms with E-state index in [1.54, 1.807) is 0 Å². The molecule has 8 heteroatoms. The smallest absolute Gasteiger partial charge is 0.307 e. The van der Waals surface area contributed by atoms with Crippen molar-refractivity contribution in [3.8, 4) is 0 Å². The van der Waals surface area contributed by atoms with Crippen LogP contribution in [0.25, 0.3) is 0 Å². The molecule has 0 spiro atoms. The molecule has 0 aromatic rings. The lowest BCUT2D eigenvalue weighted by Gasteiger charge is -2.41. The van der Waals surface area contributed by atoms with Crippen LogP contribution in [-0.2, 0) is 27.2 Å². The van der Waals surface area contributed by atoms with Gasteiger partial charge in [-0.25, -0.2) is 0 Å². The number of rotatable bonds is 16. The summed E-state index contributed by atoms with van der Waals surface area (Å²) < 4.78 is 53.0. The van der Waals surface area contributed by atoms with E-state index in [4.69, 9.17) is 18.1 Å². The second-order valence-electron chi connectivity index (χ2n) is 9.64. The molecule has 0 bridgehead atoms. The first-order valence-electron chi connectivity index (χ1n) is 11.7. The van der Waals surface area contributed by atoms with Crippen LogP contribution in [-0.4, -0.2) is 31.3 Å². The Morgan fingerprint density at radius 3 is 1.00 bits per heavy atom. The molecule has 29 heavy (non-hydrogen) atoms. The van der Waals surface area contributed by atoms with E-state index < -0.39 is 20.1 Å². The van der Waals surface area contributed by atoms with Crippen LogP contribution >= 0.6 is 15.2 Å². The van der Waals surface area contributed by atoms with Crippen LogP contribution in [0.3, 0.4) is 0 Å². The average Bonchev–Trinajstić information content (AvgIpc) is 3.59. The lowest BCUT2D eigenvalue weighted by Crippen LogP contribution is -2.33. The summed E-state index contributed by atoms with van der Waals surface area (Å²) in [5.74, 6) is 1.77. The first-order chi connectivity index (χ1) is 13.9. The average molecular weight is 448 g/mol. The van der Waals surface area contributed by atoms with Crippen molar-refractivity contribution in [1.29, 1.82) is 0 Å². The molecule has 0 N–H and O–H groups in total. The van der Waals surface area contributed by atoms with E-state index in [9.17, 15) is 9.13 Å². The van der Waals surface area contributed by atoms with Crippen molar-refractivity contribution in [2.75, 3.05) is 26.4 Å². The number of hydrogen-bond donors (Lipinski definition) is 0. The van der Waals surface area contributed by atoms with E-state index in [1.165, 1.54) is 0 Å². The van der Waals surface area contributed by atoms with Gasteiger partial charge in [-0.2, -0.15) is 0 Å². The lowest BCUT2D eigenvalue weighted by molar-refractivity contribution is 0.150. The molecule has 0 aliphatic heterocycles. The van der Waals surface area contributed by atoms with Gasteiger partial charge >= 0.3 is 15.2 Å². The van der Waals surface area contributed by atoms with Gasteiger partial charge in [0.25, 0.3) is 0 Å². The first-order valence-corrected chi connectivity index (χ1v) is 14.8. The fourth-order valence-corrected chi connectivity index (χ4v) is 9.86. The number of hydrogen-bond acceptors (Lipinski definition) is 6. The van der Waals surface area contributed by atoms with Crippen LogP contribution in [0, 0.1) is 23.7 Å². The van der Waals surface area contributed by atoms with Crippen molar-refractivity contribution < 1.29 is 27.2 Å². The molecule has 0 aromatic carbocycles. The van der Waals surface area contributed by atoms with Crippen molar-refractivity contribution >= 4 is 15.2 Å². The van der Waals surface area contributed by atoms with Crippen molar-refractivity contribution in [2.45, 2.75) is 83.0 Å². The highest BCUT2D eigenvalue weighted by Gasteiger charge is 2.64. The molecular weight excluding hydrogens is 410 g/mol. The third kappa shape index (κ3) is 5.38. The maximum Gasteiger partial charge on any atom is 0.348 e. The van der Waals surface area contributed by atoms with E-state index in [2.05, 4.69) is 0 Å². The van der Waals surface area contributed by atoms with Gasteiger partial charge in [-0.3, -0.25) is 9.13 Å². The van der Waals surface area contributed by atoms with Gasteiger partial charge in [-0.1, -0.05) is 13.8 Å². The van der Waals surface area contributed by atoms with E-state index in [0.717, 1.165) is 51.4 Å². The first kappa shape index (κ1) is 22.5. The van der Waals surface area contributed by atoms with E-state index in [1.807, 2.05) is 13.8 Å². The Kier molecular flexibility index (Phi) is 7.01. The van der Waals surface area contributed by atoms with E-state index >= 15 is 0 Å². The quantitative estimate of drug-likeness (QED) is 0.248. The zero-order valence-corrected chi connectivity index (χ0v) is 19.8. The molecule has 168 valence electrons. The molecular formula is C21H38O6P2. The van der Waals surface area contributed by atoms with Crippen molar-refractivity contribution in [1.82, 2.24) is 0 Å². The van der Waals surface area contributed by atoms with Gasteiger partial charge in [-0.15, -0.1) is 0 Å². The van der Waals surface area contributed by atoms with Gasteiger partial charge in [-0.05, 0) is 87.9 Å². The summed E-state index contributed by atoms with van der Waals surface area (Å²) in [5.41, 5.74) is 0. The fourth-order valence-electron chi connectivity index (χ4n) is 3.68. The molecule has 0 radical (unpaired) electrons. The fraction of sp³-hybridized carbons (Fsp3) is 1.00. The molecule has 4 fully saturated rings. The van der Waals surface area contributed by atoms with Crippen molar-refractivity contribution in [3.05, 3.63) is 0 Å². The Bertz CT molecular complexity index is 556. The Labute approximate surface area is 175 Å². The molecule has 4 saturated carbocycles. The van der Waals surface area contributed by atoms with Crippen LogP contribution in [0.2, 0.25) is 0 Å². The lowest BCUT2D eigenvalue weighted by atomic mass is 10.2. The molecule has 0 amide bonds. The maximum absolute atomic E-state index is 14.4. The summed E-state index contributed by atoms with van der Waals surface area (Å²) in [6, 6.07) is 0. The molecule has 4 aliphatic rings. The van der Waals surface area contributed by atoms with E-state index in [-0.39, 0.29) is 0 Å². The Morgan fingerprint density at radius 1 is 0.586 bits per heavy atom. The predicted octanol–water partition coefficient (Wildman–Crippen LogP) is 6.60. The summed E-state index contributed by atoms with van der Waals surface area (Å²) in [5, 5.41) is 0. The molecule has 0 aromatic heterocycles. The largest absolute Gasteiger partial charge is 0.348 e. The van der Waals surface area contributed by atoms with Crippen LogP contribution < -0.4 is 0 Å². The highest BCUT2D eigenvalue weighted by atomic mass is 31.2. The zero-order chi connectivity index (χ0) is 20.5. The predicted molar refractivity (Wildman–Crippen MR) is 113 cm³/mol. The second-order valence-corrected chi connectivity index (χ2v) is 14.7. The maximum atomic E-state index is 14.4. The van der Waals surface area contributed by atoms with E-state index in [0.29, 0.717) is 62.9 Å². The molecule has 0 atom stereocenters. The minimum absolute atomic E-state index is 0.392. The molecule has 6 nitrogen and oxygen atoms in total. The highest BCUT2D eigenvalue weighted by Crippen LogP contribution is 2.81. The van der Waals surface area contributed by atoms with Gasteiger partial charge in [0, 0.05) is 0 Å². The van der Waals surface area contributed by atoms with Crippen LogP contribution in [0.15, 0.2) is 0 Å². The normalized spacial score (nSPS) is 23.5. The molecule has 4 rings (SSSR count). The van der Waals surface area contributed by atoms with Crippen LogP contribution in [0.4, 0.5) is 0 Å². The topological polar surface area (TPSA) is 71.1 Å². The van der Waals surface area contributed by atoms with Gasteiger partial charge in [0.15, 0.2) is 4.90 Å². The monoisotopic (exact) mass is 448 g/mol. The second kappa shape index (κ2) is 9.04. The molecule has 0 unspecified atom stereocenters. The summed E-state index contributed by atoms with van der Waals surface area (Å²) in [6.45, 7) is 5.49. The molecule has 0 saturated heterocycles. The summed E-state index contributed by atoms with van der Waals surface area (Å²) in [7, 11) is -7.40. The highest BCUT2D eigenvalue weighted by molar-refractivity contribution is 7.74. The molecule has 0 heterocycles. The Morgan fingerprint density at radius 2 is 0.828 bits per heavy atom. The standard InChI is InChI=1S/C21H38O6P2/c1-3-21(4-2,28(22,24-13-17-5-6-17)25-14-18-7-8-18)29(23,26-15-19-9-10-19)27-16-20-11-12-20/h17-20H,3-16H2,1-2H3. The summed E-state index contributed by atoms with van der Waals surface area (Å²) >= 11 is 0. The zero-order valence-electron chi connectivity index (χ0n) is 18.1. The third-order valence-electron chi connectivity index (χ3n) is 6.86. The van der Waals surface area contributed by atoms with Gasteiger partial charge in [0.1, 0.15) is 0 Å². The van der Waals surface area contributed by atoms with Gasteiger partial charge in [0.2, 0.25) is 0 Å². The summed E-state index contributed by atoms with van der Waals surface area (Å²) in [4.78, 5) is -1.23. The Balaban J connectivity index is 1.60. The third-order valence-corrected chi connectivity index (χ3v) is 13.6. The summed E-state index contributed by atoms with van der Waals surface area (Å²) in [6.07, 6.45) is 9.58. The minimum Gasteiger partial charge on any atom is -0.307 e. The van der Waals surface area contributed by atoms with Crippen molar-refractivity contribution in [2.24, 2.45) is 23.7 Å². The van der Waals surface area contributed by atoms with Crippen LogP contribution in [0.5, 0.6) is 0 Å². The van der Waals surface area contributed by atoms with Crippen molar-refractivity contribution in [3.63, 3.8) is 0 Å². The molecule has 4 aliphatic carbocycles. The Hall–Kier alpha value is 0.300. The van der Waals surface area contributed by atoms with Gasteiger partial charge < -0.3 is 18.1 Å². The van der Waals surface area contributed by atoms with Crippen LogP contribution in [0.1, 0.15) is 78.1 Å². The SMILES string of the molecule is CCC(CC)(P(=O)(OCC1CC1)OCC1CC1)P(=O)(OCC1CC1)OCC1CC1.